The first-order chi connectivity index (χ1) is 12.7. The summed E-state index contributed by atoms with van der Waals surface area (Å²) in [4.78, 5) is 22.7. The van der Waals surface area contributed by atoms with Crippen LogP contribution in [0.5, 0.6) is 0 Å². The lowest BCUT2D eigenvalue weighted by Gasteiger charge is -2.21. The molecule has 0 fully saturated rings. The van der Waals surface area contributed by atoms with Crippen LogP contribution in [0.3, 0.4) is 0 Å². The molecule has 0 atom stereocenters. The number of esters is 1. The molecule has 0 aliphatic rings. The van der Waals surface area contributed by atoms with E-state index in [1.807, 2.05) is 41.3 Å². The highest BCUT2D eigenvalue weighted by Crippen LogP contribution is 2.23. The van der Waals surface area contributed by atoms with Gasteiger partial charge in [0, 0.05) is 24.1 Å². The molecule has 0 unspecified atom stereocenters. The Bertz CT molecular complexity index is 884. The summed E-state index contributed by atoms with van der Waals surface area (Å²) < 4.78 is 4.76. The maximum atomic E-state index is 11.7. The number of rotatable bonds is 6. The molecule has 1 N–H and O–H groups in total. The van der Waals surface area contributed by atoms with Crippen molar-refractivity contribution in [2.45, 2.75) is 6.92 Å². The summed E-state index contributed by atoms with van der Waals surface area (Å²) in [5.74, 6) is 0.873. The fourth-order valence-corrected chi connectivity index (χ4v) is 2.59. The average Bonchev–Trinajstić information content (AvgIpc) is 2.69. The quantitative estimate of drug-likeness (QED) is 0.675. The molecule has 0 aliphatic carbocycles. The molecular weight excluding hydrogens is 328 g/mol. The van der Waals surface area contributed by atoms with Gasteiger partial charge in [0.25, 0.3) is 0 Å². The third-order valence-electron chi connectivity index (χ3n) is 3.82. The first-order valence-electron chi connectivity index (χ1n) is 8.32. The van der Waals surface area contributed by atoms with E-state index in [0.29, 0.717) is 17.3 Å². The number of nitrogens with zero attached hydrogens (tertiary/aromatic N) is 3. The van der Waals surface area contributed by atoms with Gasteiger partial charge in [-0.1, -0.05) is 24.3 Å². The molecule has 3 aromatic rings. The van der Waals surface area contributed by atoms with Crippen LogP contribution in [0.25, 0.3) is 0 Å². The highest BCUT2D eigenvalue weighted by molar-refractivity contribution is 5.90. The molecule has 1 heterocycles. The van der Waals surface area contributed by atoms with Crippen molar-refractivity contribution in [2.75, 3.05) is 23.9 Å². The van der Waals surface area contributed by atoms with Gasteiger partial charge in [-0.2, -0.15) is 4.98 Å². The van der Waals surface area contributed by atoms with Crippen molar-refractivity contribution in [3.63, 3.8) is 0 Å². The number of hydrogen-bond acceptors (Lipinski definition) is 6. The molecule has 0 amide bonds. The molecule has 1 aromatic heterocycles. The molecule has 6 nitrogen and oxygen atoms in total. The zero-order valence-corrected chi connectivity index (χ0v) is 14.7. The maximum Gasteiger partial charge on any atom is 0.337 e. The summed E-state index contributed by atoms with van der Waals surface area (Å²) in [6.07, 6.45) is 1.71. The average molecular weight is 348 g/mol. The van der Waals surface area contributed by atoms with E-state index in [2.05, 4.69) is 22.2 Å². The Morgan fingerprint density at radius 1 is 1.12 bits per heavy atom. The number of anilines is 4. The standard InChI is InChI=1S/C20H20N4O2/c1-3-24(17-10-5-4-6-11-17)20-21-13-12-18(23-20)22-16-9-7-8-15(14-16)19(25)26-2/h4-14H,3H2,1-2H3,(H,21,22,23). The molecule has 6 heteroatoms. The minimum Gasteiger partial charge on any atom is -0.465 e. The first-order valence-corrected chi connectivity index (χ1v) is 8.32. The molecule has 0 saturated carbocycles. The molecule has 0 bridgehead atoms. The lowest BCUT2D eigenvalue weighted by molar-refractivity contribution is 0.0601. The van der Waals surface area contributed by atoms with Crippen molar-refractivity contribution in [2.24, 2.45) is 0 Å². The second kappa shape index (κ2) is 8.11. The first kappa shape index (κ1) is 17.4. The van der Waals surface area contributed by atoms with Crippen molar-refractivity contribution in [1.29, 1.82) is 0 Å². The smallest absolute Gasteiger partial charge is 0.337 e. The number of nitrogens with one attached hydrogen (secondary N) is 1. The van der Waals surface area contributed by atoms with Crippen LogP contribution in [0.4, 0.5) is 23.1 Å². The van der Waals surface area contributed by atoms with E-state index >= 15 is 0 Å². The molecule has 0 radical (unpaired) electrons. The van der Waals surface area contributed by atoms with E-state index in [0.717, 1.165) is 17.9 Å². The van der Waals surface area contributed by atoms with Crippen LogP contribution in [-0.2, 0) is 4.74 Å². The van der Waals surface area contributed by atoms with Crippen molar-refractivity contribution in [1.82, 2.24) is 9.97 Å². The zero-order chi connectivity index (χ0) is 18.4. The van der Waals surface area contributed by atoms with Crippen LogP contribution in [0.2, 0.25) is 0 Å². The molecule has 3 rings (SSSR count). The highest BCUT2D eigenvalue weighted by atomic mass is 16.5. The van der Waals surface area contributed by atoms with Gasteiger partial charge in [-0.25, -0.2) is 9.78 Å². The van der Waals surface area contributed by atoms with Crippen LogP contribution in [0, 0.1) is 0 Å². The van der Waals surface area contributed by atoms with Gasteiger partial charge in [0.2, 0.25) is 5.95 Å². The normalized spacial score (nSPS) is 10.2. The Hall–Kier alpha value is -3.41. The number of para-hydroxylation sites is 1. The summed E-state index contributed by atoms with van der Waals surface area (Å²) in [5, 5.41) is 3.21. The topological polar surface area (TPSA) is 67.4 Å². The van der Waals surface area contributed by atoms with Gasteiger partial charge in [-0.15, -0.1) is 0 Å². The molecule has 0 aliphatic heterocycles. The summed E-state index contributed by atoms with van der Waals surface area (Å²) in [6, 6.07) is 18.9. The van der Waals surface area contributed by atoms with Crippen LogP contribution >= 0.6 is 0 Å². The van der Waals surface area contributed by atoms with E-state index in [1.54, 1.807) is 30.5 Å². The Kier molecular flexibility index (Phi) is 5.43. The number of carbonyl (C=O) groups excluding carboxylic acids is 1. The minimum atomic E-state index is -0.377. The van der Waals surface area contributed by atoms with E-state index < -0.39 is 0 Å². The van der Waals surface area contributed by atoms with Gasteiger partial charge in [0.1, 0.15) is 5.82 Å². The van der Waals surface area contributed by atoms with E-state index in [4.69, 9.17) is 4.74 Å². The summed E-state index contributed by atoms with van der Waals surface area (Å²) in [7, 11) is 1.36. The molecule has 2 aromatic carbocycles. The minimum absolute atomic E-state index is 0.377. The molecular formula is C20H20N4O2. The fourth-order valence-electron chi connectivity index (χ4n) is 2.59. The van der Waals surface area contributed by atoms with E-state index in [1.165, 1.54) is 7.11 Å². The molecule has 132 valence electrons. The lowest BCUT2D eigenvalue weighted by atomic mass is 10.2. The lowest BCUT2D eigenvalue weighted by Crippen LogP contribution is -2.19. The van der Waals surface area contributed by atoms with Crippen LogP contribution < -0.4 is 10.2 Å². The second-order valence-electron chi connectivity index (χ2n) is 5.52. The largest absolute Gasteiger partial charge is 0.465 e. The Morgan fingerprint density at radius 2 is 1.92 bits per heavy atom. The number of carbonyl (C=O) groups is 1. The number of methoxy groups -OCH3 is 1. The summed E-state index contributed by atoms with van der Waals surface area (Å²) in [5.41, 5.74) is 2.26. The number of ether oxygens (including phenoxy) is 1. The Balaban J connectivity index is 1.85. The summed E-state index contributed by atoms with van der Waals surface area (Å²) in [6.45, 7) is 2.79. The van der Waals surface area contributed by atoms with Crippen molar-refractivity contribution < 1.29 is 9.53 Å². The van der Waals surface area contributed by atoms with Gasteiger partial charge in [0.05, 0.1) is 12.7 Å². The SMILES string of the molecule is CCN(c1ccccc1)c1nccc(Nc2cccc(C(=O)OC)c2)n1. The second-order valence-corrected chi connectivity index (χ2v) is 5.52. The van der Waals surface area contributed by atoms with Gasteiger partial charge >= 0.3 is 5.97 Å². The Labute approximate surface area is 152 Å². The predicted molar refractivity (Wildman–Crippen MR) is 102 cm³/mol. The third kappa shape index (κ3) is 3.97. The van der Waals surface area contributed by atoms with Gasteiger partial charge < -0.3 is 15.0 Å². The number of benzene rings is 2. The monoisotopic (exact) mass is 348 g/mol. The van der Waals surface area contributed by atoms with Gasteiger partial charge in [0.15, 0.2) is 0 Å². The zero-order valence-electron chi connectivity index (χ0n) is 14.7. The number of aromatic nitrogens is 2. The van der Waals surface area contributed by atoms with E-state index in [-0.39, 0.29) is 5.97 Å². The van der Waals surface area contributed by atoms with Gasteiger partial charge in [-0.05, 0) is 43.3 Å². The van der Waals surface area contributed by atoms with Crippen molar-refractivity contribution >= 4 is 29.1 Å². The predicted octanol–water partition coefficient (Wildman–Crippen LogP) is 4.16. The van der Waals surface area contributed by atoms with Crippen molar-refractivity contribution in [3.05, 3.63) is 72.4 Å². The van der Waals surface area contributed by atoms with E-state index in [9.17, 15) is 4.79 Å². The fraction of sp³-hybridized carbons (Fsp3) is 0.150. The highest BCUT2D eigenvalue weighted by Gasteiger charge is 2.11. The van der Waals surface area contributed by atoms with Crippen LogP contribution in [0.1, 0.15) is 17.3 Å². The van der Waals surface area contributed by atoms with Gasteiger partial charge in [-0.3, -0.25) is 0 Å². The Morgan fingerprint density at radius 3 is 2.65 bits per heavy atom. The van der Waals surface area contributed by atoms with Crippen LogP contribution in [0.15, 0.2) is 66.9 Å². The van der Waals surface area contributed by atoms with Crippen LogP contribution in [-0.4, -0.2) is 29.6 Å². The molecule has 0 saturated heterocycles. The third-order valence-corrected chi connectivity index (χ3v) is 3.82. The molecule has 0 spiro atoms. The van der Waals surface area contributed by atoms with Crippen molar-refractivity contribution in [3.8, 4) is 0 Å². The molecule has 26 heavy (non-hydrogen) atoms. The maximum absolute atomic E-state index is 11.7. The number of hydrogen-bond donors (Lipinski definition) is 1. The summed E-state index contributed by atoms with van der Waals surface area (Å²) >= 11 is 0.